The molecule has 0 saturated carbocycles. The molecule has 2 aromatic carbocycles. The van der Waals surface area contributed by atoms with Crippen molar-refractivity contribution in [1.82, 2.24) is 0 Å². The highest BCUT2D eigenvalue weighted by Gasteiger charge is 1.87. The van der Waals surface area contributed by atoms with Crippen LogP contribution in [0.2, 0.25) is 0 Å². The molecule has 0 nitrogen and oxygen atoms in total. The molecule has 2 rings (SSSR count). The minimum atomic E-state index is 0.742. The van der Waals surface area contributed by atoms with Crippen LogP contribution in [0.1, 0.15) is 23.1 Å². The lowest BCUT2D eigenvalue weighted by Gasteiger charge is -1.91. The van der Waals surface area contributed by atoms with Gasteiger partial charge in [0.2, 0.25) is 0 Å². The van der Waals surface area contributed by atoms with Crippen molar-refractivity contribution in [3.63, 3.8) is 0 Å². The van der Waals surface area contributed by atoms with Crippen LogP contribution in [0.15, 0.2) is 60.7 Å². The second-order valence-electron chi connectivity index (χ2n) is 4.04. The molecule has 0 heterocycles. The Morgan fingerprint density at radius 2 is 1.58 bits per heavy atom. The highest BCUT2D eigenvalue weighted by atomic mass is 13.9. The summed E-state index contributed by atoms with van der Waals surface area (Å²) in [6.45, 7) is 0. The van der Waals surface area contributed by atoms with Crippen molar-refractivity contribution in [2.24, 2.45) is 0 Å². The van der Waals surface area contributed by atoms with Gasteiger partial charge in [-0.2, -0.15) is 0 Å². The summed E-state index contributed by atoms with van der Waals surface area (Å²) in [5.41, 5.74) is 3.07. The number of allylic oxidation sites excluding steroid dienone is 1. The van der Waals surface area contributed by atoms with Gasteiger partial charge < -0.3 is 0 Å². The molecular weight excluding hydrogens is 228 g/mol. The van der Waals surface area contributed by atoms with Crippen LogP contribution in [0.25, 0.3) is 6.08 Å². The molecule has 0 saturated heterocycles. The van der Waals surface area contributed by atoms with Crippen molar-refractivity contribution in [3.05, 3.63) is 77.4 Å². The standard InChI is InChI=1S/C19H14/c1-2-17-13-15-19(16-14-17)12-8-4-7-11-18-9-5-3-6-10-18/h1,3,5-7,9-11,13-16H,4H2/b11-7+. The third-order valence-corrected chi connectivity index (χ3v) is 2.61. The van der Waals surface area contributed by atoms with Crippen LogP contribution in [0.5, 0.6) is 0 Å². The Bertz CT molecular complexity index is 641. The normalized spacial score (nSPS) is 9.63. The van der Waals surface area contributed by atoms with E-state index in [1.54, 1.807) is 0 Å². The number of rotatable bonds is 2. The summed E-state index contributed by atoms with van der Waals surface area (Å²) in [4.78, 5) is 0. The van der Waals surface area contributed by atoms with Crippen LogP contribution >= 0.6 is 0 Å². The minimum Gasteiger partial charge on any atom is -0.115 e. The predicted octanol–water partition coefficient (Wildman–Crippen LogP) is 4.12. The molecule has 0 heteroatoms. The van der Waals surface area contributed by atoms with Crippen molar-refractivity contribution in [2.75, 3.05) is 0 Å². The number of hydrogen-bond acceptors (Lipinski definition) is 0. The van der Waals surface area contributed by atoms with E-state index in [-0.39, 0.29) is 0 Å². The highest BCUT2D eigenvalue weighted by Crippen LogP contribution is 2.03. The Morgan fingerprint density at radius 1 is 0.895 bits per heavy atom. The van der Waals surface area contributed by atoms with E-state index >= 15 is 0 Å². The Labute approximate surface area is 114 Å². The first-order valence-corrected chi connectivity index (χ1v) is 6.15. The van der Waals surface area contributed by atoms with Crippen molar-refractivity contribution in [2.45, 2.75) is 6.42 Å². The molecule has 0 fully saturated rings. The zero-order valence-corrected chi connectivity index (χ0v) is 10.6. The Morgan fingerprint density at radius 3 is 2.26 bits per heavy atom. The van der Waals surface area contributed by atoms with E-state index in [1.807, 2.05) is 42.5 Å². The van der Waals surface area contributed by atoms with Gasteiger partial charge in [-0.05, 0) is 29.8 Å². The minimum absolute atomic E-state index is 0.742. The van der Waals surface area contributed by atoms with Gasteiger partial charge >= 0.3 is 0 Å². The van der Waals surface area contributed by atoms with Gasteiger partial charge in [0, 0.05) is 17.5 Å². The smallest absolute Gasteiger partial charge is 0.0276 e. The van der Waals surface area contributed by atoms with Crippen molar-refractivity contribution >= 4 is 6.08 Å². The van der Waals surface area contributed by atoms with E-state index in [2.05, 4.69) is 42.0 Å². The topological polar surface area (TPSA) is 0 Å². The summed E-state index contributed by atoms with van der Waals surface area (Å²) in [5, 5.41) is 0. The molecule has 90 valence electrons. The fourth-order valence-corrected chi connectivity index (χ4v) is 1.62. The maximum atomic E-state index is 5.30. The zero-order valence-electron chi connectivity index (χ0n) is 10.6. The fraction of sp³-hybridized carbons (Fsp3) is 0.0526. The first kappa shape index (κ1) is 12.7. The van der Waals surface area contributed by atoms with E-state index in [0.29, 0.717) is 0 Å². The summed E-state index contributed by atoms with van der Waals surface area (Å²) >= 11 is 0. The Hall–Kier alpha value is -2.70. The number of hydrogen-bond donors (Lipinski definition) is 0. The Balaban J connectivity index is 1.91. The average molecular weight is 242 g/mol. The highest BCUT2D eigenvalue weighted by molar-refractivity contribution is 5.49. The molecule has 0 unspecified atom stereocenters. The van der Waals surface area contributed by atoms with Crippen LogP contribution in [0.4, 0.5) is 0 Å². The summed E-state index contributed by atoms with van der Waals surface area (Å²) in [5.74, 6) is 8.82. The van der Waals surface area contributed by atoms with Crippen LogP contribution in [-0.4, -0.2) is 0 Å². The van der Waals surface area contributed by atoms with E-state index in [0.717, 1.165) is 17.5 Å². The maximum Gasteiger partial charge on any atom is 0.0276 e. The van der Waals surface area contributed by atoms with Crippen LogP contribution in [-0.2, 0) is 0 Å². The molecular formula is C19H14. The van der Waals surface area contributed by atoms with Gasteiger partial charge in [0.25, 0.3) is 0 Å². The maximum absolute atomic E-state index is 5.30. The third-order valence-electron chi connectivity index (χ3n) is 2.61. The van der Waals surface area contributed by atoms with Crippen LogP contribution in [0.3, 0.4) is 0 Å². The molecule has 0 N–H and O–H groups in total. The monoisotopic (exact) mass is 242 g/mol. The van der Waals surface area contributed by atoms with Crippen molar-refractivity contribution in [3.8, 4) is 24.2 Å². The predicted molar refractivity (Wildman–Crippen MR) is 81.3 cm³/mol. The largest absolute Gasteiger partial charge is 0.115 e. The van der Waals surface area contributed by atoms with E-state index < -0.39 is 0 Å². The number of benzene rings is 2. The summed E-state index contributed by atoms with van der Waals surface area (Å²) in [6, 6.07) is 17.9. The molecule has 0 amide bonds. The Kier molecular flexibility index (Phi) is 4.63. The van der Waals surface area contributed by atoms with Gasteiger partial charge in [-0.3, -0.25) is 0 Å². The second kappa shape index (κ2) is 6.90. The molecule has 0 atom stereocenters. The van der Waals surface area contributed by atoms with Crippen molar-refractivity contribution in [1.29, 1.82) is 0 Å². The van der Waals surface area contributed by atoms with Gasteiger partial charge in [-0.25, -0.2) is 0 Å². The quantitative estimate of drug-likeness (QED) is 0.695. The van der Waals surface area contributed by atoms with Gasteiger partial charge in [0.15, 0.2) is 0 Å². The summed E-state index contributed by atoms with van der Waals surface area (Å²) in [6.07, 6.45) is 10.2. The molecule has 0 aliphatic rings. The molecule has 0 spiro atoms. The van der Waals surface area contributed by atoms with Gasteiger partial charge in [0.1, 0.15) is 0 Å². The first-order valence-electron chi connectivity index (χ1n) is 6.15. The van der Waals surface area contributed by atoms with Gasteiger partial charge in [0.05, 0.1) is 0 Å². The van der Waals surface area contributed by atoms with Crippen LogP contribution in [0, 0.1) is 24.2 Å². The molecule has 0 aliphatic heterocycles. The average Bonchev–Trinajstić information content (AvgIpc) is 2.49. The van der Waals surface area contributed by atoms with Gasteiger partial charge in [-0.15, -0.1) is 6.42 Å². The molecule has 2 aromatic rings. The van der Waals surface area contributed by atoms with Gasteiger partial charge in [-0.1, -0.05) is 60.2 Å². The number of terminal acetylenes is 1. The summed E-state index contributed by atoms with van der Waals surface area (Å²) < 4.78 is 0. The lowest BCUT2D eigenvalue weighted by Crippen LogP contribution is -1.76. The van der Waals surface area contributed by atoms with E-state index in [4.69, 9.17) is 6.42 Å². The fourth-order valence-electron chi connectivity index (χ4n) is 1.62. The van der Waals surface area contributed by atoms with Crippen LogP contribution < -0.4 is 0 Å². The first-order chi connectivity index (χ1) is 9.38. The lowest BCUT2D eigenvalue weighted by atomic mass is 10.1. The third kappa shape index (κ3) is 4.23. The lowest BCUT2D eigenvalue weighted by molar-refractivity contribution is 1.48. The molecule has 19 heavy (non-hydrogen) atoms. The molecule has 0 aliphatic carbocycles. The molecule has 0 aromatic heterocycles. The SMILES string of the molecule is C#Cc1ccc(C#CC/C=C/c2ccccc2)cc1. The second-order valence-corrected chi connectivity index (χ2v) is 4.04. The van der Waals surface area contributed by atoms with Crippen molar-refractivity contribution < 1.29 is 0 Å². The summed E-state index contributed by atoms with van der Waals surface area (Å²) in [7, 11) is 0. The van der Waals surface area contributed by atoms with E-state index in [9.17, 15) is 0 Å². The zero-order chi connectivity index (χ0) is 13.3. The molecule has 0 radical (unpaired) electrons. The van der Waals surface area contributed by atoms with E-state index in [1.165, 1.54) is 5.56 Å². The molecule has 0 bridgehead atoms.